The highest BCUT2D eigenvalue weighted by atomic mass is 35.5. The maximum Gasteiger partial charge on any atom is 0.160 e. The zero-order valence-electron chi connectivity index (χ0n) is 8.02. The van der Waals surface area contributed by atoms with Crippen LogP contribution in [0.15, 0.2) is 12.1 Å². The largest absolute Gasteiger partial charge is 0.324 e. The van der Waals surface area contributed by atoms with Crippen LogP contribution in [0.5, 0.6) is 0 Å². The molecule has 1 rings (SSSR count). The fraction of sp³-hybridized carbons (Fsp3) is 0.400. The third-order valence-corrected chi connectivity index (χ3v) is 2.44. The molecule has 14 heavy (non-hydrogen) atoms. The Hall–Kier alpha value is -0.670. The van der Waals surface area contributed by atoms with Crippen molar-refractivity contribution in [1.29, 1.82) is 0 Å². The number of benzene rings is 1. The normalized spacial score (nSPS) is 13.4. The van der Waals surface area contributed by atoms with Crippen molar-refractivity contribution in [1.82, 2.24) is 0 Å². The lowest BCUT2D eigenvalue weighted by Crippen LogP contribution is -2.17. The first-order chi connectivity index (χ1) is 6.43. The average molecular weight is 220 g/mol. The molecule has 0 spiro atoms. The minimum absolute atomic E-state index is 0.123. The molecule has 0 saturated carbocycles. The van der Waals surface area contributed by atoms with E-state index < -0.39 is 11.6 Å². The summed E-state index contributed by atoms with van der Waals surface area (Å²) in [4.78, 5) is 0. The molecule has 0 aliphatic carbocycles. The minimum Gasteiger partial charge on any atom is -0.324 e. The highest BCUT2D eigenvalue weighted by Gasteiger charge is 2.16. The molecule has 4 heteroatoms. The van der Waals surface area contributed by atoms with Crippen molar-refractivity contribution in [3.8, 4) is 0 Å². The second-order valence-electron chi connectivity index (χ2n) is 3.56. The van der Waals surface area contributed by atoms with Gasteiger partial charge in [-0.05, 0) is 23.6 Å². The molecule has 1 unspecified atom stereocenters. The highest BCUT2D eigenvalue weighted by molar-refractivity contribution is 6.31. The topological polar surface area (TPSA) is 26.0 Å². The van der Waals surface area contributed by atoms with Gasteiger partial charge in [0, 0.05) is 11.1 Å². The van der Waals surface area contributed by atoms with Crippen molar-refractivity contribution in [3.05, 3.63) is 34.4 Å². The van der Waals surface area contributed by atoms with Crippen molar-refractivity contribution in [2.45, 2.75) is 19.9 Å². The van der Waals surface area contributed by atoms with Gasteiger partial charge in [-0.15, -0.1) is 0 Å². The maximum absolute atomic E-state index is 12.9. The molecule has 1 aromatic carbocycles. The standard InChI is InChI=1S/C10H12ClF2N/c1-5(2)10(14)6-3-8(12)9(13)4-7(6)11/h3-5,10H,14H2,1-2H3. The van der Waals surface area contributed by atoms with E-state index in [0.717, 1.165) is 12.1 Å². The molecule has 0 fully saturated rings. The van der Waals surface area contributed by atoms with E-state index in [1.807, 2.05) is 13.8 Å². The van der Waals surface area contributed by atoms with E-state index >= 15 is 0 Å². The van der Waals surface area contributed by atoms with E-state index in [1.54, 1.807) is 0 Å². The molecule has 1 aromatic rings. The van der Waals surface area contributed by atoms with Crippen molar-refractivity contribution in [2.24, 2.45) is 11.7 Å². The first-order valence-electron chi connectivity index (χ1n) is 4.33. The molecule has 1 nitrogen and oxygen atoms in total. The number of nitrogens with two attached hydrogens (primary N) is 1. The summed E-state index contributed by atoms with van der Waals surface area (Å²) in [7, 11) is 0. The molecule has 0 bridgehead atoms. The molecular weight excluding hydrogens is 208 g/mol. The fourth-order valence-corrected chi connectivity index (χ4v) is 1.43. The van der Waals surface area contributed by atoms with Gasteiger partial charge in [0.1, 0.15) is 0 Å². The van der Waals surface area contributed by atoms with Crippen LogP contribution < -0.4 is 5.73 Å². The van der Waals surface area contributed by atoms with Crippen LogP contribution in [0.4, 0.5) is 8.78 Å². The van der Waals surface area contributed by atoms with E-state index in [1.165, 1.54) is 0 Å². The minimum atomic E-state index is -0.949. The summed E-state index contributed by atoms with van der Waals surface area (Å²) in [5.41, 5.74) is 6.23. The van der Waals surface area contributed by atoms with Gasteiger partial charge >= 0.3 is 0 Å². The van der Waals surface area contributed by atoms with Gasteiger partial charge in [-0.3, -0.25) is 0 Å². The summed E-state index contributed by atoms with van der Waals surface area (Å²) < 4.78 is 25.6. The van der Waals surface area contributed by atoms with Crippen LogP contribution in [0.2, 0.25) is 5.02 Å². The zero-order valence-corrected chi connectivity index (χ0v) is 8.78. The Kier molecular flexibility index (Phi) is 3.45. The van der Waals surface area contributed by atoms with Gasteiger partial charge in [-0.2, -0.15) is 0 Å². The van der Waals surface area contributed by atoms with Gasteiger partial charge in [0.15, 0.2) is 11.6 Å². The Labute approximate surface area is 86.9 Å². The lowest BCUT2D eigenvalue weighted by molar-refractivity contribution is 0.488. The van der Waals surface area contributed by atoms with Gasteiger partial charge in [0.2, 0.25) is 0 Å². The summed E-state index contributed by atoms with van der Waals surface area (Å²) in [6, 6.07) is 1.63. The third-order valence-electron chi connectivity index (χ3n) is 2.12. The van der Waals surface area contributed by atoms with Crippen LogP contribution in [0, 0.1) is 17.6 Å². The molecule has 0 aromatic heterocycles. The molecule has 0 heterocycles. The van der Waals surface area contributed by atoms with Crippen LogP contribution in [0.25, 0.3) is 0 Å². The van der Waals surface area contributed by atoms with Crippen LogP contribution in [-0.4, -0.2) is 0 Å². The Morgan fingerprint density at radius 3 is 2.21 bits per heavy atom. The molecule has 2 N–H and O–H groups in total. The first kappa shape index (κ1) is 11.4. The van der Waals surface area contributed by atoms with E-state index in [2.05, 4.69) is 0 Å². The summed E-state index contributed by atoms with van der Waals surface area (Å²) >= 11 is 5.75. The SMILES string of the molecule is CC(C)C(N)c1cc(F)c(F)cc1Cl. The van der Waals surface area contributed by atoms with E-state index in [-0.39, 0.29) is 17.0 Å². The maximum atomic E-state index is 12.9. The summed E-state index contributed by atoms with van der Waals surface area (Å²) in [6.07, 6.45) is 0. The Balaban J connectivity index is 3.15. The predicted molar refractivity (Wildman–Crippen MR) is 53.1 cm³/mol. The van der Waals surface area contributed by atoms with E-state index in [9.17, 15) is 8.78 Å². The van der Waals surface area contributed by atoms with Crippen LogP contribution in [0.1, 0.15) is 25.5 Å². The number of hydrogen-bond acceptors (Lipinski definition) is 1. The smallest absolute Gasteiger partial charge is 0.160 e. The number of halogens is 3. The molecule has 0 amide bonds. The Bertz CT molecular complexity index is 339. The highest BCUT2D eigenvalue weighted by Crippen LogP contribution is 2.28. The summed E-state index contributed by atoms with van der Waals surface area (Å²) in [5.74, 6) is -1.74. The van der Waals surface area contributed by atoms with Crippen molar-refractivity contribution < 1.29 is 8.78 Å². The predicted octanol–water partition coefficient (Wildman–Crippen LogP) is 3.27. The van der Waals surface area contributed by atoms with Crippen LogP contribution in [0.3, 0.4) is 0 Å². The lowest BCUT2D eigenvalue weighted by Gasteiger charge is -2.17. The molecule has 1 atom stereocenters. The van der Waals surface area contributed by atoms with Crippen molar-refractivity contribution in [2.75, 3.05) is 0 Å². The summed E-state index contributed by atoms with van der Waals surface area (Å²) in [6.45, 7) is 3.78. The zero-order chi connectivity index (χ0) is 10.9. The van der Waals surface area contributed by atoms with Gasteiger partial charge < -0.3 is 5.73 Å². The van der Waals surface area contributed by atoms with E-state index in [0.29, 0.717) is 5.56 Å². The quantitative estimate of drug-likeness (QED) is 0.759. The number of rotatable bonds is 2. The number of hydrogen-bond donors (Lipinski definition) is 1. The summed E-state index contributed by atoms with van der Waals surface area (Å²) in [5, 5.41) is 0.171. The second-order valence-corrected chi connectivity index (χ2v) is 3.96. The second kappa shape index (κ2) is 4.24. The van der Waals surface area contributed by atoms with Gasteiger partial charge in [-0.1, -0.05) is 25.4 Å². The average Bonchev–Trinajstić information content (AvgIpc) is 2.10. The molecule has 0 saturated heterocycles. The van der Waals surface area contributed by atoms with Gasteiger partial charge in [0.05, 0.1) is 0 Å². The Morgan fingerprint density at radius 2 is 1.71 bits per heavy atom. The lowest BCUT2D eigenvalue weighted by atomic mass is 9.97. The molecular formula is C10H12ClF2N. The Morgan fingerprint density at radius 1 is 1.21 bits per heavy atom. The molecule has 0 aliphatic rings. The van der Waals surface area contributed by atoms with Crippen molar-refractivity contribution in [3.63, 3.8) is 0 Å². The fourth-order valence-electron chi connectivity index (χ4n) is 1.15. The van der Waals surface area contributed by atoms with Crippen LogP contribution >= 0.6 is 11.6 Å². The van der Waals surface area contributed by atoms with E-state index in [4.69, 9.17) is 17.3 Å². The van der Waals surface area contributed by atoms with Crippen molar-refractivity contribution >= 4 is 11.6 Å². The molecule has 0 aliphatic heterocycles. The van der Waals surface area contributed by atoms with Gasteiger partial charge in [-0.25, -0.2) is 8.78 Å². The van der Waals surface area contributed by atoms with Gasteiger partial charge in [0.25, 0.3) is 0 Å². The monoisotopic (exact) mass is 219 g/mol. The van der Waals surface area contributed by atoms with Crippen LogP contribution in [-0.2, 0) is 0 Å². The third kappa shape index (κ3) is 2.22. The first-order valence-corrected chi connectivity index (χ1v) is 4.71. The molecule has 78 valence electrons. The molecule has 0 radical (unpaired) electrons.